The van der Waals surface area contributed by atoms with Gasteiger partial charge >= 0.3 is 0 Å². The standard InChI is InChI=1S/C39H25N/c1-2-8-27-19-28(14-13-26(27)7-1)29-15-16-31-21-32(18-17-30(31)20-29)34-22-35(25-40-24-34)39-23-33-9-3-4-10-36(33)37-11-5-6-12-38(37)39/h1-25H. The molecule has 0 aliphatic heterocycles. The maximum atomic E-state index is 4.68. The normalized spacial score (nSPS) is 11.5. The summed E-state index contributed by atoms with van der Waals surface area (Å²) in [4.78, 5) is 4.68. The molecular weight excluding hydrogens is 482 g/mol. The van der Waals surface area contributed by atoms with Gasteiger partial charge in [-0.1, -0.05) is 109 Å². The van der Waals surface area contributed by atoms with Gasteiger partial charge in [0.25, 0.3) is 0 Å². The Morgan fingerprint density at radius 2 is 0.800 bits per heavy atom. The second kappa shape index (κ2) is 9.18. The zero-order valence-corrected chi connectivity index (χ0v) is 21.9. The largest absolute Gasteiger partial charge is 0.263 e. The van der Waals surface area contributed by atoms with Crippen molar-refractivity contribution in [2.75, 3.05) is 0 Å². The van der Waals surface area contributed by atoms with Crippen LogP contribution in [0.25, 0.3) is 76.5 Å². The van der Waals surface area contributed by atoms with Crippen LogP contribution in [0.15, 0.2) is 152 Å². The van der Waals surface area contributed by atoms with Gasteiger partial charge in [0.1, 0.15) is 0 Å². The van der Waals surface area contributed by atoms with Crippen molar-refractivity contribution in [1.82, 2.24) is 4.98 Å². The zero-order chi connectivity index (χ0) is 26.5. The van der Waals surface area contributed by atoms with Crippen LogP contribution in [0.2, 0.25) is 0 Å². The molecule has 186 valence electrons. The van der Waals surface area contributed by atoms with E-state index < -0.39 is 0 Å². The number of nitrogens with zero attached hydrogens (tertiary/aromatic N) is 1. The summed E-state index contributed by atoms with van der Waals surface area (Å²) in [5.74, 6) is 0. The molecule has 0 spiro atoms. The first-order chi connectivity index (χ1) is 19.8. The Labute approximate surface area is 233 Å². The molecule has 1 heterocycles. The number of hydrogen-bond acceptors (Lipinski definition) is 1. The van der Waals surface area contributed by atoms with Gasteiger partial charge in [0.05, 0.1) is 0 Å². The molecule has 0 saturated carbocycles. The summed E-state index contributed by atoms with van der Waals surface area (Å²) in [6.07, 6.45) is 3.95. The van der Waals surface area contributed by atoms with Gasteiger partial charge in [0.2, 0.25) is 0 Å². The highest BCUT2D eigenvalue weighted by atomic mass is 14.6. The van der Waals surface area contributed by atoms with Crippen molar-refractivity contribution in [2.45, 2.75) is 0 Å². The Morgan fingerprint density at radius 1 is 0.300 bits per heavy atom. The SMILES string of the molecule is c1ccc2cc(-c3ccc4cc(-c5cncc(-c6cc7ccccc7c7ccccc67)c5)ccc4c3)ccc2c1. The Morgan fingerprint density at radius 3 is 1.52 bits per heavy atom. The van der Waals surface area contributed by atoms with E-state index in [4.69, 9.17) is 0 Å². The smallest absolute Gasteiger partial charge is 0.0347 e. The molecule has 0 N–H and O–H groups in total. The molecule has 1 aromatic heterocycles. The number of fused-ring (bicyclic) bond motifs is 5. The van der Waals surface area contributed by atoms with Crippen molar-refractivity contribution in [3.05, 3.63) is 152 Å². The van der Waals surface area contributed by atoms with Gasteiger partial charge in [-0.25, -0.2) is 0 Å². The molecule has 0 amide bonds. The van der Waals surface area contributed by atoms with E-state index in [2.05, 4.69) is 145 Å². The van der Waals surface area contributed by atoms with E-state index in [0.29, 0.717) is 0 Å². The summed E-state index contributed by atoms with van der Waals surface area (Å²) >= 11 is 0. The summed E-state index contributed by atoms with van der Waals surface area (Å²) < 4.78 is 0. The van der Waals surface area contributed by atoms with Crippen molar-refractivity contribution < 1.29 is 0 Å². The van der Waals surface area contributed by atoms with Crippen molar-refractivity contribution in [3.63, 3.8) is 0 Å². The quantitative estimate of drug-likeness (QED) is 0.217. The van der Waals surface area contributed by atoms with Crippen LogP contribution in [-0.2, 0) is 0 Å². The van der Waals surface area contributed by atoms with Crippen molar-refractivity contribution in [1.29, 1.82) is 0 Å². The molecule has 0 unspecified atom stereocenters. The van der Waals surface area contributed by atoms with Crippen molar-refractivity contribution in [2.24, 2.45) is 0 Å². The topological polar surface area (TPSA) is 12.9 Å². The van der Waals surface area contributed by atoms with Crippen LogP contribution in [0.3, 0.4) is 0 Å². The molecule has 1 nitrogen and oxygen atoms in total. The van der Waals surface area contributed by atoms with Crippen molar-refractivity contribution >= 4 is 43.1 Å². The maximum Gasteiger partial charge on any atom is 0.0347 e. The van der Waals surface area contributed by atoms with Crippen LogP contribution >= 0.6 is 0 Å². The second-order valence-corrected chi connectivity index (χ2v) is 10.5. The lowest BCUT2D eigenvalue weighted by atomic mass is 9.92. The summed E-state index contributed by atoms with van der Waals surface area (Å²) in [5, 5.41) is 10.0. The summed E-state index contributed by atoms with van der Waals surface area (Å²) in [6, 6.07) is 50.5. The maximum absolute atomic E-state index is 4.68. The predicted molar refractivity (Wildman–Crippen MR) is 171 cm³/mol. The minimum atomic E-state index is 1.12. The third-order valence-corrected chi connectivity index (χ3v) is 8.07. The molecule has 7 aromatic carbocycles. The molecule has 40 heavy (non-hydrogen) atoms. The predicted octanol–water partition coefficient (Wildman–Crippen LogP) is 10.7. The molecule has 0 bridgehead atoms. The molecule has 0 saturated heterocycles. The molecule has 8 rings (SSSR count). The number of benzene rings is 7. The summed E-state index contributed by atoms with van der Waals surface area (Å²) in [7, 11) is 0. The highest BCUT2D eigenvalue weighted by Gasteiger charge is 2.10. The third-order valence-electron chi connectivity index (χ3n) is 8.07. The van der Waals surface area contributed by atoms with E-state index in [0.717, 1.165) is 11.1 Å². The highest BCUT2D eigenvalue weighted by molar-refractivity contribution is 6.13. The number of pyridine rings is 1. The first kappa shape index (κ1) is 22.7. The first-order valence-corrected chi connectivity index (χ1v) is 13.7. The van der Waals surface area contributed by atoms with Gasteiger partial charge < -0.3 is 0 Å². The van der Waals surface area contributed by atoms with Gasteiger partial charge in [0.15, 0.2) is 0 Å². The summed E-state index contributed by atoms with van der Waals surface area (Å²) in [5.41, 5.74) is 7.11. The van der Waals surface area contributed by atoms with Crippen LogP contribution in [0.1, 0.15) is 0 Å². The van der Waals surface area contributed by atoms with Crippen molar-refractivity contribution in [3.8, 4) is 33.4 Å². The third kappa shape index (κ3) is 3.83. The highest BCUT2D eigenvalue weighted by Crippen LogP contribution is 2.36. The Balaban J connectivity index is 1.20. The van der Waals surface area contributed by atoms with E-state index in [-0.39, 0.29) is 0 Å². The van der Waals surface area contributed by atoms with E-state index in [9.17, 15) is 0 Å². The second-order valence-electron chi connectivity index (χ2n) is 10.5. The van der Waals surface area contributed by atoms with Crippen LogP contribution in [0.4, 0.5) is 0 Å². The Hall–Kier alpha value is -5.27. The lowest BCUT2D eigenvalue weighted by Gasteiger charge is -2.12. The van der Waals surface area contributed by atoms with Crippen LogP contribution in [-0.4, -0.2) is 4.98 Å². The Bertz CT molecular complexity index is 2220. The van der Waals surface area contributed by atoms with Gasteiger partial charge in [0, 0.05) is 23.5 Å². The monoisotopic (exact) mass is 507 g/mol. The van der Waals surface area contributed by atoms with E-state index in [1.54, 1.807) is 0 Å². The van der Waals surface area contributed by atoms with Gasteiger partial charge in [-0.05, 0) is 95.7 Å². The number of aromatic nitrogens is 1. The molecule has 0 radical (unpaired) electrons. The molecule has 0 aliphatic carbocycles. The average molecular weight is 508 g/mol. The fraction of sp³-hybridized carbons (Fsp3) is 0. The van der Waals surface area contributed by atoms with E-state index in [1.807, 2.05) is 12.4 Å². The van der Waals surface area contributed by atoms with E-state index >= 15 is 0 Å². The summed E-state index contributed by atoms with van der Waals surface area (Å²) in [6.45, 7) is 0. The molecule has 0 aliphatic rings. The lowest BCUT2D eigenvalue weighted by Crippen LogP contribution is -1.88. The molecule has 8 aromatic rings. The lowest BCUT2D eigenvalue weighted by molar-refractivity contribution is 1.33. The molecule has 0 atom stereocenters. The van der Waals surface area contributed by atoms with Crippen LogP contribution in [0.5, 0.6) is 0 Å². The van der Waals surface area contributed by atoms with Gasteiger partial charge in [-0.15, -0.1) is 0 Å². The minimum Gasteiger partial charge on any atom is -0.263 e. The molecule has 0 fully saturated rings. The average Bonchev–Trinajstić information content (AvgIpc) is 3.03. The molecular formula is C39H25N. The molecule has 1 heteroatoms. The first-order valence-electron chi connectivity index (χ1n) is 13.7. The fourth-order valence-corrected chi connectivity index (χ4v) is 6.01. The minimum absolute atomic E-state index is 1.12. The van der Waals surface area contributed by atoms with Gasteiger partial charge in [-0.2, -0.15) is 0 Å². The number of hydrogen-bond donors (Lipinski definition) is 0. The van der Waals surface area contributed by atoms with Gasteiger partial charge in [-0.3, -0.25) is 4.98 Å². The number of rotatable bonds is 3. The zero-order valence-electron chi connectivity index (χ0n) is 21.9. The van der Waals surface area contributed by atoms with E-state index in [1.165, 1.54) is 65.3 Å². The van der Waals surface area contributed by atoms with Crippen LogP contribution < -0.4 is 0 Å². The fourth-order valence-electron chi connectivity index (χ4n) is 6.01. The van der Waals surface area contributed by atoms with Crippen LogP contribution in [0, 0.1) is 0 Å². The Kier molecular flexibility index (Phi) is 5.21.